The molecule has 3 N–H and O–H groups in total. The average Bonchev–Trinajstić information content (AvgIpc) is 2.66. The number of fused-ring (bicyclic) bond motifs is 2. The monoisotopic (exact) mass is 437 g/mol. The van der Waals surface area contributed by atoms with Gasteiger partial charge >= 0.3 is 0 Å². The molecule has 1 aromatic rings. The van der Waals surface area contributed by atoms with E-state index < -0.39 is 16.1 Å². The van der Waals surface area contributed by atoms with Crippen LogP contribution in [0.4, 0.5) is 5.69 Å². The summed E-state index contributed by atoms with van der Waals surface area (Å²) in [7, 11) is 2.06. The fourth-order valence-corrected chi connectivity index (χ4v) is 5.53. The van der Waals surface area contributed by atoms with E-state index in [-0.39, 0.29) is 5.69 Å². The Morgan fingerprint density at radius 2 is 1.90 bits per heavy atom. The normalized spacial score (nSPS) is 30.7. The van der Waals surface area contributed by atoms with Gasteiger partial charge in [0.25, 0.3) is 5.69 Å². The quantitative estimate of drug-likeness (QED) is 0.268. The van der Waals surface area contributed by atoms with Crippen LogP contribution in [-0.2, 0) is 4.79 Å². The van der Waals surface area contributed by atoms with E-state index in [0.717, 1.165) is 35.9 Å². The highest BCUT2D eigenvalue weighted by Crippen LogP contribution is 2.46. The second-order valence-corrected chi connectivity index (χ2v) is 10.5. The van der Waals surface area contributed by atoms with E-state index in [1.54, 1.807) is 26.0 Å². The van der Waals surface area contributed by atoms with Gasteiger partial charge in [0.2, 0.25) is 0 Å². The maximum atomic E-state index is 10.6. The molecule has 0 aromatic heterocycles. The molecule has 0 amide bonds. The topological polar surface area (TPSA) is 104 Å². The Morgan fingerprint density at radius 1 is 1.27 bits per heavy atom. The van der Waals surface area contributed by atoms with Crippen molar-refractivity contribution in [1.29, 1.82) is 0 Å². The van der Waals surface area contributed by atoms with Crippen LogP contribution in [0.1, 0.15) is 53.4 Å². The maximum absolute atomic E-state index is 10.6. The molecule has 8 heteroatoms. The third kappa shape index (κ3) is 7.04. The summed E-state index contributed by atoms with van der Waals surface area (Å²) in [6, 6.07) is 6.75. The van der Waals surface area contributed by atoms with Crippen LogP contribution in [0, 0.1) is 27.9 Å². The molecule has 0 heterocycles. The molecule has 168 valence electrons. The number of non-ortho nitro benzene ring substituents is 1. The number of benzene rings is 1. The number of hydrogen-bond donors (Lipinski definition) is 3. The molecule has 2 saturated carbocycles. The Bertz CT molecular complexity index is 722. The molecule has 3 rings (SSSR count). The number of nitro groups is 1. The van der Waals surface area contributed by atoms with Gasteiger partial charge in [0, 0.05) is 23.1 Å². The number of carbonyl (C=O) groups excluding carboxylic acids is 1. The van der Waals surface area contributed by atoms with E-state index in [9.17, 15) is 20.0 Å². The van der Waals surface area contributed by atoms with Crippen molar-refractivity contribution in [2.75, 3.05) is 7.05 Å². The van der Waals surface area contributed by atoms with E-state index in [1.807, 2.05) is 6.92 Å². The zero-order chi connectivity index (χ0) is 22.5. The minimum Gasteiger partial charge on any atom is -0.390 e. The minimum atomic E-state index is -0.619. The molecular weight excluding hydrogens is 402 g/mol. The van der Waals surface area contributed by atoms with Gasteiger partial charge in [0.05, 0.1) is 16.1 Å². The van der Waals surface area contributed by atoms with Gasteiger partial charge in [0.15, 0.2) is 0 Å². The zero-order valence-electron chi connectivity index (χ0n) is 18.6. The van der Waals surface area contributed by atoms with Crippen LogP contribution in [0.5, 0.6) is 0 Å². The van der Waals surface area contributed by atoms with Crippen molar-refractivity contribution in [1.82, 2.24) is 10.0 Å². The van der Waals surface area contributed by atoms with Gasteiger partial charge in [-0.1, -0.05) is 6.92 Å². The number of nitro benzene ring substituents is 1. The van der Waals surface area contributed by atoms with Crippen molar-refractivity contribution in [3.05, 3.63) is 34.4 Å². The van der Waals surface area contributed by atoms with Crippen molar-refractivity contribution in [2.24, 2.45) is 17.8 Å². The minimum absolute atomic E-state index is 0.0546. The Labute approximate surface area is 183 Å². The predicted molar refractivity (Wildman–Crippen MR) is 120 cm³/mol. The van der Waals surface area contributed by atoms with Gasteiger partial charge in [-0.2, -0.15) is 0 Å². The highest BCUT2D eigenvalue weighted by molar-refractivity contribution is 7.97. The summed E-state index contributed by atoms with van der Waals surface area (Å²) in [5.41, 5.74) is -0.964. The number of hydrogen-bond acceptors (Lipinski definition) is 7. The van der Waals surface area contributed by atoms with E-state index >= 15 is 0 Å². The van der Waals surface area contributed by atoms with Crippen LogP contribution < -0.4 is 10.0 Å². The lowest BCUT2D eigenvalue weighted by Gasteiger charge is -2.49. The van der Waals surface area contributed by atoms with Gasteiger partial charge in [0.1, 0.15) is 6.29 Å². The van der Waals surface area contributed by atoms with E-state index in [1.165, 1.54) is 36.9 Å². The van der Waals surface area contributed by atoms with Crippen LogP contribution in [0.25, 0.3) is 0 Å². The molecule has 5 atom stereocenters. The van der Waals surface area contributed by atoms with Crippen molar-refractivity contribution >= 4 is 23.9 Å². The van der Waals surface area contributed by atoms with Gasteiger partial charge in [-0.25, -0.2) is 4.72 Å². The summed E-state index contributed by atoms with van der Waals surface area (Å²) < 4.78 is 2.95. The van der Waals surface area contributed by atoms with Crippen LogP contribution >= 0.6 is 11.9 Å². The number of carbonyl (C=O) groups is 1. The number of aliphatic hydroxyl groups is 1. The zero-order valence-corrected chi connectivity index (χ0v) is 19.4. The second-order valence-electron chi connectivity index (χ2n) is 9.59. The maximum Gasteiger partial charge on any atom is 0.269 e. The molecule has 2 fully saturated rings. The number of aldehydes is 1. The molecule has 5 unspecified atom stereocenters. The summed E-state index contributed by atoms with van der Waals surface area (Å²) in [5, 5.41) is 24.0. The van der Waals surface area contributed by atoms with E-state index in [0.29, 0.717) is 12.0 Å². The predicted octanol–water partition coefficient (Wildman–Crippen LogP) is 3.95. The van der Waals surface area contributed by atoms with Crippen LogP contribution in [0.15, 0.2) is 29.2 Å². The number of rotatable bonds is 6. The van der Waals surface area contributed by atoms with Crippen LogP contribution in [0.3, 0.4) is 0 Å². The van der Waals surface area contributed by atoms with E-state index in [4.69, 9.17) is 0 Å². The Balaban J connectivity index is 0.000000215. The lowest BCUT2D eigenvalue weighted by Crippen LogP contribution is -2.51. The molecular formula is C22H35N3O4S. The SMILES string of the molecule is CC(C)(C=O)NSc1ccc([N+](=O)[O-])cc1.CNC1C(C)CC2CC1CC(C)(O)C2. The molecule has 2 aliphatic carbocycles. The number of nitrogens with zero attached hydrogens (tertiary/aromatic N) is 1. The van der Waals surface area contributed by atoms with Crippen LogP contribution in [-0.4, -0.2) is 40.5 Å². The summed E-state index contributed by atoms with van der Waals surface area (Å²) >= 11 is 1.27. The Morgan fingerprint density at radius 3 is 2.43 bits per heavy atom. The summed E-state index contributed by atoms with van der Waals surface area (Å²) in [6.45, 7) is 7.85. The highest BCUT2D eigenvalue weighted by Gasteiger charge is 2.44. The first-order valence-electron chi connectivity index (χ1n) is 10.5. The summed E-state index contributed by atoms with van der Waals surface area (Å²) in [5.74, 6) is 2.24. The van der Waals surface area contributed by atoms with Gasteiger partial charge < -0.3 is 15.2 Å². The molecule has 7 nitrogen and oxygen atoms in total. The van der Waals surface area contributed by atoms with Crippen LogP contribution in [0.2, 0.25) is 0 Å². The van der Waals surface area contributed by atoms with Crippen molar-refractivity contribution in [2.45, 2.75) is 75.5 Å². The Kier molecular flexibility index (Phi) is 8.44. The molecule has 0 saturated heterocycles. The molecule has 2 bridgehead atoms. The first kappa shape index (κ1) is 24.8. The van der Waals surface area contributed by atoms with Crippen molar-refractivity contribution in [3.8, 4) is 0 Å². The molecule has 2 aliphatic rings. The third-order valence-corrected chi connectivity index (χ3v) is 7.14. The van der Waals surface area contributed by atoms with Crippen molar-refractivity contribution in [3.63, 3.8) is 0 Å². The molecule has 0 radical (unpaired) electrons. The van der Waals surface area contributed by atoms with Gasteiger partial charge in [-0.05, 0) is 95.3 Å². The van der Waals surface area contributed by atoms with E-state index in [2.05, 4.69) is 24.0 Å². The first-order chi connectivity index (χ1) is 14.0. The van der Waals surface area contributed by atoms with Crippen molar-refractivity contribution < 1.29 is 14.8 Å². The standard InChI is InChI=1S/C12H23NO.C10H12N2O3S/c1-8-4-9-5-10(11(8)13-3)7-12(2,14)6-9;1-10(2,7-13)11-16-9-5-3-8(4-6-9)12(14)15/h8-11,13-14H,4-7H2,1-3H3;3-7,11H,1-2H3. The molecule has 0 aliphatic heterocycles. The average molecular weight is 438 g/mol. The van der Waals surface area contributed by atoms with Gasteiger partial charge in [-0.3, -0.25) is 10.1 Å². The highest BCUT2D eigenvalue weighted by atomic mass is 32.2. The molecule has 1 aromatic carbocycles. The Hall–Kier alpha value is -1.48. The largest absolute Gasteiger partial charge is 0.390 e. The number of nitrogens with one attached hydrogen (secondary N) is 2. The molecule has 30 heavy (non-hydrogen) atoms. The summed E-state index contributed by atoms with van der Waals surface area (Å²) in [6.07, 6.45) is 5.43. The fourth-order valence-electron chi connectivity index (χ4n) is 4.83. The fraction of sp³-hybridized carbons (Fsp3) is 0.682. The lowest BCUT2D eigenvalue weighted by atomic mass is 9.61. The molecule has 0 spiro atoms. The lowest BCUT2D eigenvalue weighted by molar-refractivity contribution is -0.384. The second kappa shape index (κ2) is 10.2. The smallest absolute Gasteiger partial charge is 0.269 e. The van der Waals surface area contributed by atoms with Gasteiger partial charge in [-0.15, -0.1) is 0 Å². The third-order valence-electron chi connectivity index (χ3n) is 6.00. The summed E-state index contributed by atoms with van der Waals surface area (Å²) in [4.78, 5) is 21.4. The first-order valence-corrected chi connectivity index (χ1v) is 11.3.